The molecule has 0 unspecified atom stereocenters. The lowest BCUT2D eigenvalue weighted by Gasteiger charge is -1.96. The van der Waals surface area contributed by atoms with Crippen LogP contribution in [0.15, 0.2) is 77.2 Å². The van der Waals surface area contributed by atoms with E-state index in [9.17, 15) is 4.79 Å². The number of rotatable bonds is 4. The summed E-state index contributed by atoms with van der Waals surface area (Å²) in [6, 6.07) is 20.2. The second-order valence-electron chi connectivity index (χ2n) is 4.77. The maximum absolute atomic E-state index is 12.0. The molecule has 22 heavy (non-hydrogen) atoms. The van der Waals surface area contributed by atoms with Gasteiger partial charge in [-0.1, -0.05) is 41.9 Å². The normalized spacial score (nSPS) is 11.0. The Bertz CT molecular complexity index is 799. The molecule has 0 atom stereocenters. The third kappa shape index (κ3) is 3.35. The number of halogens is 1. The highest BCUT2D eigenvalue weighted by molar-refractivity contribution is 6.30. The highest BCUT2D eigenvalue weighted by Crippen LogP contribution is 2.24. The van der Waals surface area contributed by atoms with Crippen LogP contribution in [0.4, 0.5) is 0 Å². The van der Waals surface area contributed by atoms with Gasteiger partial charge in [-0.25, -0.2) is 0 Å². The molecular weight excluding hydrogens is 296 g/mol. The summed E-state index contributed by atoms with van der Waals surface area (Å²) in [5.41, 5.74) is 1.60. The van der Waals surface area contributed by atoms with Gasteiger partial charge in [0.2, 0.25) is 0 Å². The Morgan fingerprint density at radius 2 is 1.64 bits per heavy atom. The Hall–Kier alpha value is -2.58. The summed E-state index contributed by atoms with van der Waals surface area (Å²) in [5, 5.41) is 0.684. The first-order chi connectivity index (χ1) is 10.7. The number of carbonyl (C=O) groups excluding carboxylic acids is 1. The predicted octanol–water partition coefficient (Wildman–Crippen LogP) is 5.50. The van der Waals surface area contributed by atoms with Gasteiger partial charge in [-0.3, -0.25) is 4.79 Å². The molecule has 3 aromatic rings. The van der Waals surface area contributed by atoms with E-state index in [2.05, 4.69) is 0 Å². The molecule has 0 bridgehead atoms. The monoisotopic (exact) mass is 308 g/mol. The molecule has 0 amide bonds. The van der Waals surface area contributed by atoms with Crippen LogP contribution < -0.4 is 0 Å². The number of carbonyl (C=O) groups is 1. The minimum absolute atomic E-state index is 0.0509. The van der Waals surface area contributed by atoms with Crippen molar-refractivity contribution >= 4 is 23.5 Å². The average Bonchev–Trinajstić information content (AvgIpc) is 3.03. The molecule has 108 valence electrons. The minimum atomic E-state index is -0.0509. The molecule has 0 fully saturated rings. The van der Waals surface area contributed by atoms with Crippen LogP contribution in [0.5, 0.6) is 0 Å². The van der Waals surface area contributed by atoms with E-state index in [0.717, 1.165) is 11.3 Å². The number of furan rings is 1. The zero-order valence-electron chi connectivity index (χ0n) is 11.7. The number of ketones is 1. The Kier molecular flexibility index (Phi) is 4.22. The predicted molar refractivity (Wildman–Crippen MR) is 89.0 cm³/mol. The summed E-state index contributed by atoms with van der Waals surface area (Å²) >= 11 is 5.87. The van der Waals surface area contributed by atoms with Crippen molar-refractivity contribution in [2.24, 2.45) is 0 Å². The lowest BCUT2D eigenvalue weighted by Crippen LogP contribution is -1.92. The number of allylic oxidation sites excluding steroid dienone is 1. The van der Waals surface area contributed by atoms with Crippen molar-refractivity contribution in [2.45, 2.75) is 0 Å². The van der Waals surface area contributed by atoms with Crippen molar-refractivity contribution in [1.82, 2.24) is 0 Å². The smallest absolute Gasteiger partial charge is 0.185 e. The Morgan fingerprint density at radius 3 is 2.36 bits per heavy atom. The number of hydrogen-bond acceptors (Lipinski definition) is 2. The molecule has 0 aliphatic rings. The van der Waals surface area contributed by atoms with Gasteiger partial charge in [0, 0.05) is 16.1 Å². The van der Waals surface area contributed by atoms with Crippen molar-refractivity contribution in [3.8, 4) is 11.3 Å². The Labute approximate surface area is 133 Å². The van der Waals surface area contributed by atoms with Crippen LogP contribution in [0.1, 0.15) is 16.1 Å². The summed E-state index contributed by atoms with van der Waals surface area (Å²) in [7, 11) is 0. The van der Waals surface area contributed by atoms with Crippen LogP contribution in [0.2, 0.25) is 5.02 Å². The largest absolute Gasteiger partial charge is 0.457 e. The van der Waals surface area contributed by atoms with E-state index in [4.69, 9.17) is 16.0 Å². The Balaban J connectivity index is 1.75. The molecule has 0 N–H and O–H groups in total. The second-order valence-corrected chi connectivity index (χ2v) is 5.21. The van der Waals surface area contributed by atoms with Gasteiger partial charge in [0.1, 0.15) is 11.5 Å². The van der Waals surface area contributed by atoms with Crippen LogP contribution in [0.3, 0.4) is 0 Å². The molecule has 3 heteroatoms. The van der Waals surface area contributed by atoms with Crippen molar-refractivity contribution in [1.29, 1.82) is 0 Å². The van der Waals surface area contributed by atoms with Gasteiger partial charge in [-0.15, -0.1) is 0 Å². The highest BCUT2D eigenvalue weighted by Gasteiger charge is 2.04. The van der Waals surface area contributed by atoms with Gasteiger partial charge < -0.3 is 4.42 Å². The summed E-state index contributed by atoms with van der Waals surface area (Å²) in [5.74, 6) is 1.32. The van der Waals surface area contributed by atoms with Crippen LogP contribution in [-0.2, 0) is 0 Å². The van der Waals surface area contributed by atoms with Crippen molar-refractivity contribution in [2.75, 3.05) is 0 Å². The average molecular weight is 309 g/mol. The van der Waals surface area contributed by atoms with E-state index in [0.29, 0.717) is 16.3 Å². The standard InChI is InChI=1S/C19H13ClO2/c20-16-8-6-15(7-9-16)19-13-11-17(22-19)10-12-18(21)14-4-2-1-3-5-14/h1-13H/b12-10+. The van der Waals surface area contributed by atoms with Crippen molar-refractivity contribution in [3.63, 3.8) is 0 Å². The quantitative estimate of drug-likeness (QED) is 0.471. The third-order valence-corrected chi connectivity index (χ3v) is 3.46. The topological polar surface area (TPSA) is 30.2 Å². The molecule has 0 radical (unpaired) electrons. The summed E-state index contributed by atoms with van der Waals surface area (Å²) in [6.07, 6.45) is 3.19. The number of benzene rings is 2. The second kappa shape index (κ2) is 6.46. The molecule has 3 rings (SSSR count). The van der Waals surface area contributed by atoms with E-state index in [1.54, 1.807) is 18.2 Å². The van der Waals surface area contributed by atoms with Crippen molar-refractivity contribution in [3.05, 3.63) is 89.2 Å². The third-order valence-electron chi connectivity index (χ3n) is 3.21. The molecule has 0 aliphatic heterocycles. The maximum Gasteiger partial charge on any atom is 0.185 e. The first-order valence-corrected chi connectivity index (χ1v) is 7.23. The molecule has 2 aromatic carbocycles. The summed E-state index contributed by atoms with van der Waals surface area (Å²) in [4.78, 5) is 12.0. The van der Waals surface area contributed by atoms with E-state index < -0.39 is 0 Å². The first kappa shape index (κ1) is 14.4. The van der Waals surface area contributed by atoms with Gasteiger partial charge in [0.15, 0.2) is 5.78 Å². The molecule has 0 saturated heterocycles. The van der Waals surface area contributed by atoms with Crippen LogP contribution in [0, 0.1) is 0 Å². The van der Waals surface area contributed by atoms with Gasteiger partial charge in [0.25, 0.3) is 0 Å². The van der Waals surface area contributed by atoms with Gasteiger partial charge in [-0.2, -0.15) is 0 Å². The maximum atomic E-state index is 12.0. The fourth-order valence-corrected chi connectivity index (χ4v) is 2.19. The Morgan fingerprint density at radius 1 is 0.909 bits per heavy atom. The fraction of sp³-hybridized carbons (Fsp3) is 0. The highest BCUT2D eigenvalue weighted by atomic mass is 35.5. The lowest BCUT2D eigenvalue weighted by atomic mass is 10.1. The minimum Gasteiger partial charge on any atom is -0.457 e. The van der Waals surface area contributed by atoms with Gasteiger partial charge in [-0.05, 0) is 48.6 Å². The van der Waals surface area contributed by atoms with Crippen LogP contribution in [-0.4, -0.2) is 5.78 Å². The lowest BCUT2D eigenvalue weighted by molar-refractivity contribution is 0.104. The van der Waals surface area contributed by atoms with Crippen molar-refractivity contribution < 1.29 is 9.21 Å². The molecule has 0 aliphatic carbocycles. The molecular formula is C19H13ClO2. The molecule has 0 saturated carbocycles. The summed E-state index contributed by atoms with van der Waals surface area (Å²) in [6.45, 7) is 0. The fourth-order valence-electron chi connectivity index (χ4n) is 2.07. The molecule has 2 nitrogen and oxygen atoms in total. The zero-order valence-corrected chi connectivity index (χ0v) is 12.5. The number of hydrogen-bond donors (Lipinski definition) is 0. The van der Waals surface area contributed by atoms with E-state index >= 15 is 0 Å². The van der Waals surface area contributed by atoms with Gasteiger partial charge >= 0.3 is 0 Å². The molecule has 1 aromatic heterocycles. The van der Waals surface area contributed by atoms with Crippen LogP contribution >= 0.6 is 11.6 Å². The zero-order chi connectivity index (χ0) is 15.4. The van der Waals surface area contributed by atoms with Gasteiger partial charge in [0.05, 0.1) is 0 Å². The first-order valence-electron chi connectivity index (χ1n) is 6.85. The summed E-state index contributed by atoms with van der Waals surface area (Å²) < 4.78 is 5.71. The van der Waals surface area contributed by atoms with E-state index in [1.807, 2.05) is 54.6 Å². The van der Waals surface area contributed by atoms with E-state index in [1.165, 1.54) is 6.08 Å². The molecule has 1 heterocycles. The van der Waals surface area contributed by atoms with Crippen LogP contribution in [0.25, 0.3) is 17.4 Å². The molecule has 0 spiro atoms. The van der Waals surface area contributed by atoms with E-state index in [-0.39, 0.29) is 5.78 Å². The SMILES string of the molecule is O=C(/C=C/c1ccc(-c2ccc(Cl)cc2)o1)c1ccccc1.